The number of methoxy groups -OCH3 is 1. The van der Waals surface area contributed by atoms with Crippen LogP contribution in [0.25, 0.3) is 11.4 Å². The van der Waals surface area contributed by atoms with Crippen LogP contribution < -0.4 is 14.4 Å². The van der Waals surface area contributed by atoms with Crippen molar-refractivity contribution in [1.29, 1.82) is 0 Å². The number of anilines is 1. The Hall–Kier alpha value is -3.78. The van der Waals surface area contributed by atoms with Gasteiger partial charge in [-0.1, -0.05) is 66.4 Å². The van der Waals surface area contributed by atoms with Gasteiger partial charge in [-0.25, -0.2) is 0 Å². The quantitative estimate of drug-likeness (QED) is 0.333. The minimum Gasteiger partial charge on any atom is -0.496 e. The summed E-state index contributed by atoms with van der Waals surface area (Å²) in [5, 5.41) is 9.52. The lowest BCUT2D eigenvalue weighted by Crippen LogP contribution is -2.42. The van der Waals surface area contributed by atoms with Crippen LogP contribution >= 0.6 is 11.8 Å². The monoisotopic (exact) mass is 486 g/mol. The lowest BCUT2D eigenvalue weighted by Gasteiger charge is -2.37. The highest BCUT2D eigenvalue weighted by Gasteiger charge is 2.33. The molecule has 5 rings (SSSR count). The van der Waals surface area contributed by atoms with Crippen molar-refractivity contribution in [2.75, 3.05) is 24.4 Å². The van der Waals surface area contributed by atoms with Gasteiger partial charge in [-0.3, -0.25) is 9.69 Å². The van der Waals surface area contributed by atoms with E-state index in [0.717, 1.165) is 28.4 Å². The second-order valence-electron chi connectivity index (χ2n) is 8.01. The van der Waals surface area contributed by atoms with Gasteiger partial charge in [0.15, 0.2) is 11.0 Å². The van der Waals surface area contributed by atoms with Crippen LogP contribution in [-0.4, -0.2) is 40.1 Å². The van der Waals surface area contributed by atoms with E-state index in [9.17, 15) is 4.79 Å². The smallest absolute Gasteiger partial charge is 0.238 e. The number of para-hydroxylation sites is 3. The molecule has 8 heteroatoms. The number of benzene rings is 3. The highest BCUT2D eigenvalue weighted by Crippen LogP contribution is 2.40. The molecule has 4 aromatic rings. The Kier molecular flexibility index (Phi) is 6.72. The van der Waals surface area contributed by atoms with Crippen LogP contribution in [0.2, 0.25) is 0 Å². The molecule has 3 aromatic carbocycles. The highest BCUT2D eigenvalue weighted by molar-refractivity contribution is 7.99. The summed E-state index contributed by atoms with van der Waals surface area (Å²) in [6, 6.07) is 25.2. The van der Waals surface area contributed by atoms with Crippen molar-refractivity contribution in [3.8, 4) is 22.9 Å². The Morgan fingerprint density at radius 3 is 2.57 bits per heavy atom. The topological polar surface area (TPSA) is 69.5 Å². The molecule has 0 spiro atoms. The van der Waals surface area contributed by atoms with E-state index < -0.39 is 0 Å². The molecule has 178 valence electrons. The lowest BCUT2D eigenvalue weighted by atomic mass is 10.0. The standard InChI is InChI=1S/C27H26N4O3S/c1-3-30-26(20-13-7-9-15-23(20)33-2)28-29-27(30)35-18-25(32)31-21-14-8-10-16-24(21)34-17-22(31)19-11-5-4-6-12-19/h4-16,22H,3,17-18H2,1-2H3/t22-/m1/s1. The van der Waals surface area contributed by atoms with Crippen molar-refractivity contribution < 1.29 is 14.3 Å². The van der Waals surface area contributed by atoms with Crippen LogP contribution in [0, 0.1) is 0 Å². The molecule has 1 aliphatic rings. The highest BCUT2D eigenvalue weighted by atomic mass is 32.2. The summed E-state index contributed by atoms with van der Waals surface area (Å²) < 4.78 is 13.5. The van der Waals surface area contributed by atoms with Crippen molar-refractivity contribution >= 4 is 23.4 Å². The number of rotatable bonds is 7. The Morgan fingerprint density at radius 1 is 1.03 bits per heavy atom. The third-order valence-corrected chi connectivity index (χ3v) is 6.94. The van der Waals surface area contributed by atoms with Gasteiger partial charge in [-0.15, -0.1) is 10.2 Å². The Balaban J connectivity index is 1.42. The van der Waals surface area contributed by atoms with Crippen LogP contribution in [0.3, 0.4) is 0 Å². The summed E-state index contributed by atoms with van der Waals surface area (Å²) in [4.78, 5) is 15.5. The normalized spacial score (nSPS) is 14.8. The van der Waals surface area contributed by atoms with Gasteiger partial charge in [0.05, 0.1) is 30.2 Å². The fourth-order valence-electron chi connectivity index (χ4n) is 4.32. The first-order chi connectivity index (χ1) is 17.2. The molecule has 0 bridgehead atoms. The lowest BCUT2D eigenvalue weighted by molar-refractivity contribution is -0.117. The zero-order valence-corrected chi connectivity index (χ0v) is 20.4. The summed E-state index contributed by atoms with van der Waals surface area (Å²) in [5.41, 5.74) is 2.69. The van der Waals surface area contributed by atoms with Crippen molar-refractivity contribution in [3.63, 3.8) is 0 Å². The molecule has 0 fully saturated rings. The molecule has 0 saturated heterocycles. The van der Waals surface area contributed by atoms with Gasteiger partial charge in [0.25, 0.3) is 0 Å². The number of ether oxygens (including phenoxy) is 2. The van der Waals surface area contributed by atoms with Crippen molar-refractivity contribution in [2.45, 2.75) is 24.7 Å². The van der Waals surface area contributed by atoms with Crippen LogP contribution in [0.15, 0.2) is 84.0 Å². The Bertz CT molecular complexity index is 1330. The molecule has 0 radical (unpaired) electrons. The second-order valence-corrected chi connectivity index (χ2v) is 8.95. The van der Waals surface area contributed by atoms with E-state index in [2.05, 4.69) is 10.2 Å². The van der Waals surface area contributed by atoms with Gasteiger partial charge in [0.2, 0.25) is 5.91 Å². The van der Waals surface area contributed by atoms with Crippen LogP contribution in [0.4, 0.5) is 5.69 Å². The number of aromatic nitrogens is 3. The Morgan fingerprint density at radius 2 is 1.77 bits per heavy atom. The Labute approximate surface area is 208 Å². The average molecular weight is 487 g/mol. The molecular formula is C27H26N4O3S. The molecule has 2 heterocycles. The minimum atomic E-state index is -0.201. The zero-order valence-electron chi connectivity index (χ0n) is 19.6. The molecule has 0 aliphatic carbocycles. The fourth-order valence-corrected chi connectivity index (χ4v) is 5.18. The summed E-state index contributed by atoms with van der Waals surface area (Å²) in [6.45, 7) is 3.11. The maximum absolute atomic E-state index is 13.7. The van der Waals surface area contributed by atoms with Crippen molar-refractivity contribution in [2.24, 2.45) is 0 Å². The number of thioether (sulfide) groups is 1. The van der Waals surface area contributed by atoms with Gasteiger partial charge in [-0.2, -0.15) is 0 Å². The fraction of sp³-hybridized carbons (Fsp3) is 0.222. The van der Waals surface area contributed by atoms with Crippen molar-refractivity contribution in [1.82, 2.24) is 14.8 Å². The molecule has 0 unspecified atom stereocenters. The molecule has 1 aliphatic heterocycles. The number of fused-ring (bicyclic) bond motifs is 1. The van der Waals surface area contributed by atoms with E-state index in [4.69, 9.17) is 9.47 Å². The molecule has 0 N–H and O–H groups in total. The van der Waals surface area contributed by atoms with E-state index in [1.54, 1.807) is 7.11 Å². The zero-order chi connectivity index (χ0) is 24.2. The SMILES string of the molecule is CCn1c(SCC(=O)N2c3ccccc3OC[C@@H]2c2ccccc2)nnc1-c1ccccc1OC. The molecule has 1 amide bonds. The van der Waals surface area contributed by atoms with E-state index in [-0.39, 0.29) is 17.7 Å². The van der Waals surface area contributed by atoms with Crippen LogP contribution in [0.5, 0.6) is 11.5 Å². The van der Waals surface area contributed by atoms with Crippen LogP contribution in [-0.2, 0) is 11.3 Å². The number of carbonyl (C=O) groups is 1. The number of amides is 1. The third-order valence-electron chi connectivity index (χ3n) is 5.99. The molecule has 1 atom stereocenters. The largest absolute Gasteiger partial charge is 0.496 e. The first-order valence-corrected chi connectivity index (χ1v) is 12.5. The maximum Gasteiger partial charge on any atom is 0.238 e. The predicted octanol–water partition coefficient (Wildman–Crippen LogP) is 5.23. The van der Waals surface area contributed by atoms with E-state index in [0.29, 0.717) is 24.1 Å². The van der Waals surface area contributed by atoms with Gasteiger partial charge < -0.3 is 14.0 Å². The van der Waals surface area contributed by atoms with E-state index in [1.807, 2.05) is 95.3 Å². The number of hydrogen-bond donors (Lipinski definition) is 0. The van der Waals surface area contributed by atoms with E-state index in [1.165, 1.54) is 11.8 Å². The van der Waals surface area contributed by atoms with Gasteiger partial charge >= 0.3 is 0 Å². The van der Waals surface area contributed by atoms with Crippen molar-refractivity contribution in [3.05, 3.63) is 84.4 Å². The summed E-state index contributed by atoms with van der Waals surface area (Å²) in [6.07, 6.45) is 0. The van der Waals surface area contributed by atoms with Crippen LogP contribution in [0.1, 0.15) is 18.5 Å². The molecule has 35 heavy (non-hydrogen) atoms. The summed E-state index contributed by atoms with van der Waals surface area (Å²) >= 11 is 1.39. The predicted molar refractivity (Wildman–Crippen MR) is 137 cm³/mol. The summed E-state index contributed by atoms with van der Waals surface area (Å²) in [7, 11) is 1.64. The summed E-state index contributed by atoms with van der Waals surface area (Å²) in [5.74, 6) is 2.38. The second kappa shape index (κ2) is 10.2. The molecule has 7 nitrogen and oxygen atoms in total. The molecule has 1 aromatic heterocycles. The molecule has 0 saturated carbocycles. The number of nitrogens with zero attached hydrogens (tertiary/aromatic N) is 4. The third kappa shape index (κ3) is 4.49. The van der Waals surface area contributed by atoms with Gasteiger partial charge in [-0.05, 0) is 36.8 Å². The van der Waals surface area contributed by atoms with Gasteiger partial charge in [0.1, 0.15) is 18.1 Å². The minimum absolute atomic E-state index is 0.0101. The first kappa shape index (κ1) is 23.0. The average Bonchev–Trinajstić information content (AvgIpc) is 3.34. The number of hydrogen-bond acceptors (Lipinski definition) is 6. The molecular weight excluding hydrogens is 460 g/mol. The maximum atomic E-state index is 13.7. The number of carbonyl (C=O) groups excluding carboxylic acids is 1. The first-order valence-electron chi connectivity index (χ1n) is 11.5. The van der Waals surface area contributed by atoms with E-state index >= 15 is 0 Å². The van der Waals surface area contributed by atoms with Gasteiger partial charge in [0, 0.05) is 6.54 Å².